The number of aromatic nitrogens is 3. The highest BCUT2D eigenvalue weighted by atomic mass is 16.6. The maximum Gasteiger partial charge on any atom is 0.410 e. The molecule has 1 fully saturated rings. The van der Waals surface area contributed by atoms with Gasteiger partial charge < -0.3 is 20.1 Å². The fourth-order valence-corrected chi connectivity index (χ4v) is 4.71. The van der Waals surface area contributed by atoms with Gasteiger partial charge in [0.1, 0.15) is 5.60 Å². The van der Waals surface area contributed by atoms with Gasteiger partial charge in [-0.1, -0.05) is 24.3 Å². The van der Waals surface area contributed by atoms with E-state index in [-0.39, 0.29) is 12.5 Å². The number of ether oxygens (including phenoxy) is 1. The minimum absolute atomic E-state index is 0.0115. The van der Waals surface area contributed by atoms with E-state index in [9.17, 15) is 14.7 Å². The number of pyridine rings is 1. The van der Waals surface area contributed by atoms with Gasteiger partial charge in [-0.3, -0.25) is 9.78 Å². The molecule has 2 aromatic heterocycles. The number of carboxylic acid groups (broad SMARTS) is 1. The lowest BCUT2D eigenvalue weighted by Crippen LogP contribution is -2.41. The second kappa shape index (κ2) is 12.2. The number of hydrogen-bond acceptors (Lipinski definition) is 7. The first-order chi connectivity index (χ1) is 18.6. The molecule has 4 rings (SSSR count). The number of anilines is 2. The van der Waals surface area contributed by atoms with Crippen molar-refractivity contribution >= 4 is 23.7 Å². The summed E-state index contributed by atoms with van der Waals surface area (Å²) in [6.07, 6.45) is 6.42. The number of likely N-dealkylation sites (tertiary alicyclic amines) is 1. The van der Waals surface area contributed by atoms with Crippen LogP contribution >= 0.6 is 0 Å². The van der Waals surface area contributed by atoms with Crippen LogP contribution in [0.5, 0.6) is 0 Å². The van der Waals surface area contributed by atoms with Crippen LogP contribution in [0.3, 0.4) is 0 Å². The summed E-state index contributed by atoms with van der Waals surface area (Å²) >= 11 is 0. The van der Waals surface area contributed by atoms with Crippen LogP contribution in [0.1, 0.15) is 67.6 Å². The average Bonchev–Trinajstić information content (AvgIpc) is 2.89. The number of hydrogen-bond donors (Lipinski definition) is 2. The molecular formula is C30H37N5O4. The quantitative estimate of drug-likeness (QED) is 0.394. The van der Waals surface area contributed by atoms with Gasteiger partial charge in [-0.25, -0.2) is 14.8 Å². The van der Waals surface area contributed by atoms with Crippen molar-refractivity contribution in [2.75, 3.05) is 18.4 Å². The Morgan fingerprint density at radius 3 is 2.38 bits per heavy atom. The molecule has 1 amide bonds. The van der Waals surface area contributed by atoms with E-state index in [0.29, 0.717) is 37.8 Å². The Kier molecular flexibility index (Phi) is 8.79. The summed E-state index contributed by atoms with van der Waals surface area (Å²) in [5, 5.41) is 12.4. The van der Waals surface area contributed by atoms with Crippen molar-refractivity contribution in [2.45, 2.75) is 71.3 Å². The Morgan fingerprint density at radius 2 is 1.74 bits per heavy atom. The number of benzene rings is 1. The number of aryl methyl sites for hydroxylation is 3. The smallest absolute Gasteiger partial charge is 0.410 e. The van der Waals surface area contributed by atoms with E-state index in [1.54, 1.807) is 17.3 Å². The second-order valence-corrected chi connectivity index (χ2v) is 11.0. The van der Waals surface area contributed by atoms with E-state index >= 15 is 0 Å². The molecule has 0 saturated carbocycles. The molecule has 1 aliphatic heterocycles. The minimum Gasteiger partial charge on any atom is -0.481 e. The third-order valence-corrected chi connectivity index (χ3v) is 6.78. The number of aliphatic carboxylic acids is 1. The second-order valence-electron chi connectivity index (χ2n) is 11.0. The van der Waals surface area contributed by atoms with Gasteiger partial charge in [0.2, 0.25) is 5.95 Å². The zero-order chi connectivity index (χ0) is 28.0. The first-order valence-corrected chi connectivity index (χ1v) is 13.4. The number of rotatable bonds is 8. The van der Waals surface area contributed by atoms with E-state index in [1.165, 1.54) is 0 Å². The van der Waals surface area contributed by atoms with Gasteiger partial charge in [0.25, 0.3) is 0 Å². The first kappa shape index (κ1) is 28.0. The van der Waals surface area contributed by atoms with E-state index in [4.69, 9.17) is 9.72 Å². The SMILES string of the molecule is Cc1cnc(Nc2ccc(C3CCN(C(=O)OC(C)(C)C)CC3)nc2)nc1CCc1ccccc1CC(=O)O. The molecule has 0 unspecified atom stereocenters. The zero-order valence-electron chi connectivity index (χ0n) is 23.1. The maximum absolute atomic E-state index is 12.3. The number of carbonyl (C=O) groups is 2. The lowest BCUT2D eigenvalue weighted by Gasteiger charge is -2.33. The van der Waals surface area contributed by atoms with Crippen molar-refractivity contribution in [2.24, 2.45) is 0 Å². The highest BCUT2D eigenvalue weighted by Crippen LogP contribution is 2.28. The summed E-state index contributed by atoms with van der Waals surface area (Å²) in [5.41, 5.74) is 5.07. The number of carbonyl (C=O) groups excluding carboxylic acids is 1. The molecule has 3 aromatic rings. The summed E-state index contributed by atoms with van der Waals surface area (Å²) in [6.45, 7) is 8.93. The molecule has 39 heavy (non-hydrogen) atoms. The molecule has 9 nitrogen and oxygen atoms in total. The molecule has 1 aliphatic rings. The number of piperidine rings is 1. The molecule has 2 N–H and O–H groups in total. The van der Waals surface area contributed by atoms with E-state index in [0.717, 1.165) is 46.6 Å². The predicted molar refractivity (Wildman–Crippen MR) is 149 cm³/mol. The standard InChI is InChI=1S/C30H37N5O4/c1-20-18-32-28(34-25(20)11-9-21-7-5-6-8-23(21)17-27(36)37)33-24-10-12-26(31-19-24)22-13-15-35(16-14-22)29(38)39-30(2,3)4/h5-8,10,12,18-19,22H,9,11,13-17H2,1-4H3,(H,36,37)(H,32,33,34). The molecule has 0 bridgehead atoms. The molecule has 0 radical (unpaired) electrons. The Labute approximate surface area is 229 Å². The molecule has 0 spiro atoms. The first-order valence-electron chi connectivity index (χ1n) is 13.4. The Morgan fingerprint density at radius 1 is 1.03 bits per heavy atom. The molecule has 0 aliphatic carbocycles. The Balaban J connectivity index is 1.34. The van der Waals surface area contributed by atoms with Crippen LogP contribution in [0.25, 0.3) is 0 Å². The fourth-order valence-electron chi connectivity index (χ4n) is 4.71. The van der Waals surface area contributed by atoms with Crippen LogP contribution in [0, 0.1) is 6.92 Å². The predicted octanol–water partition coefficient (Wildman–Crippen LogP) is 5.45. The van der Waals surface area contributed by atoms with Crippen LogP contribution in [-0.4, -0.2) is 55.7 Å². The Bertz CT molecular complexity index is 1300. The van der Waals surface area contributed by atoms with Crippen molar-refractivity contribution in [3.63, 3.8) is 0 Å². The van der Waals surface area contributed by atoms with Gasteiger partial charge in [-0.2, -0.15) is 0 Å². The molecule has 9 heteroatoms. The van der Waals surface area contributed by atoms with E-state index in [2.05, 4.69) is 15.3 Å². The van der Waals surface area contributed by atoms with Crippen molar-refractivity contribution in [1.29, 1.82) is 0 Å². The van der Waals surface area contributed by atoms with Crippen LogP contribution < -0.4 is 5.32 Å². The summed E-state index contributed by atoms with van der Waals surface area (Å²) in [6, 6.07) is 11.6. The zero-order valence-corrected chi connectivity index (χ0v) is 23.1. The highest BCUT2D eigenvalue weighted by Gasteiger charge is 2.28. The van der Waals surface area contributed by atoms with Gasteiger partial charge in [-0.05, 0) is 82.2 Å². The number of nitrogens with zero attached hydrogens (tertiary/aromatic N) is 4. The minimum atomic E-state index is -0.835. The van der Waals surface area contributed by atoms with Gasteiger partial charge in [0.05, 0.1) is 18.3 Å². The van der Waals surface area contributed by atoms with Gasteiger partial charge in [0, 0.05) is 36.6 Å². The summed E-state index contributed by atoms with van der Waals surface area (Å²) in [5.74, 6) is -0.0448. The van der Waals surface area contributed by atoms with Gasteiger partial charge >= 0.3 is 12.1 Å². The van der Waals surface area contributed by atoms with Crippen LogP contribution in [0.15, 0.2) is 48.8 Å². The average molecular weight is 532 g/mol. The largest absolute Gasteiger partial charge is 0.481 e. The highest BCUT2D eigenvalue weighted by molar-refractivity contribution is 5.70. The monoisotopic (exact) mass is 531 g/mol. The van der Waals surface area contributed by atoms with Gasteiger partial charge in [-0.15, -0.1) is 0 Å². The molecule has 3 heterocycles. The molecular weight excluding hydrogens is 494 g/mol. The van der Waals surface area contributed by atoms with Gasteiger partial charge in [0.15, 0.2) is 0 Å². The third kappa shape index (κ3) is 7.99. The van der Waals surface area contributed by atoms with Crippen LogP contribution in [0.4, 0.5) is 16.4 Å². The van der Waals surface area contributed by atoms with Crippen LogP contribution in [0.2, 0.25) is 0 Å². The van der Waals surface area contributed by atoms with Crippen molar-refractivity contribution in [3.05, 3.63) is 76.9 Å². The normalized spacial score (nSPS) is 14.2. The lowest BCUT2D eigenvalue weighted by molar-refractivity contribution is -0.136. The lowest BCUT2D eigenvalue weighted by atomic mass is 9.93. The van der Waals surface area contributed by atoms with Crippen LogP contribution in [-0.2, 0) is 28.8 Å². The third-order valence-electron chi connectivity index (χ3n) is 6.78. The Hall–Kier alpha value is -4.01. The summed E-state index contributed by atoms with van der Waals surface area (Å²) < 4.78 is 5.49. The number of amides is 1. The maximum atomic E-state index is 12.3. The molecule has 206 valence electrons. The number of nitrogens with one attached hydrogen (secondary N) is 1. The van der Waals surface area contributed by atoms with Crippen molar-refractivity contribution in [3.8, 4) is 0 Å². The molecule has 1 saturated heterocycles. The summed E-state index contributed by atoms with van der Waals surface area (Å²) in [4.78, 5) is 39.1. The van der Waals surface area contributed by atoms with E-state index < -0.39 is 11.6 Å². The van der Waals surface area contributed by atoms with Crippen molar-refractivity contribution in [1.82, 2.24) is 19.9 Å². The number of carboxylic acids is 1. The fraction of sp³-hybridized carbons (Fsp3) is 0.433. The van der Waals surface area contributed by atoms with Crippen molar-refractivity contribution < 1.29 is 19.4 Å². The molecule has 1 aromatic carbocycles. The molecule has 0 atom stereocenters. The summed E-state index contributed by atoms with van der Waals surface area (Å²) in [7, 11) is 0. The van der Waals surface area contributed by atoms with E-state index in [1.807, 2.05) is 64.1 Å². The topological polar surface area (TPSA) is 118 Å².